The number of carboxylic acids is 2. The third kappa shape index (κ3) is 3.68. The van der Waals surface area contributed by atoms with Crippen LogP contribution in [0.5, 0.6) is 0 Å². The number of hydrogen-bond donors (Lipinski definition) is 3. The van der Waals surface area contributed by atoms with Gasteiger partial charge in [0.1, 0.15) is 0 Å². The minimum absolute atomic E-state index is 0.0425. The Hall–Kier alpha value is -4.27. The molecule has 1 aromatic heterocycles. The molecule has 152 valence electrons. The summed E-state index contributed by atoms with van der Waals surface area (Å²) in [5.74, 6) is -3.83. The SMILES string of the molecule is Cc1nn(C(=O)c2ccccc2C(=O)O)c(C)c1NC(=O)c1ccccc1C(=O)O. The highest BCUT2D eigenvalue weighted by atomic mass is 16.4. The lowest BCUT2D eigenvalue weighted by Crippen LogP contribution is -2.20. The summed E-state index contributed by atoms with van der Waals surface area (Å²) in [6, 6.07) is 11.5. The number of amides is 1. The summed E-state index contributed by atoms with van der Waals surface area (Å²) in [7, 11) is 0. The van der Waals surface area contributed by atoms with Crippen molar-refractivity contribution in [2.45, 2.75) is 13.8 Å². The van der Waals surface area contributed by atoms with Crippen LogP contribution in [0, 0.1) is 13.8 Å². The Morgan fingerprint density at radius 3 is 1.80 bits per heavy atom. The van der Waals surface area contributed by atoms with Crippen LogP contribution in [0.15, 0.2) is 48.5 Å². The third-order valence-electron chi connectivity index (χ3n) is 4.51. The molecule has 0 saturated carbocycles. The van der Waals surface area contributed by atoms with Crippen molar-refractivity contribution in [2.75, 3.05) is 5.32 Å². The van der Waals surface area contributed by atoms with E-state index in [1.807, 2.05) is 0 Å². The monoisotopic (exact) mass is 407 g/mol. The van der Waals surface area contributed by atoms with Crippen LogP contribution >= 0.6 is 0 Å². The van der Waals surface area contributed by atoms with Gasteiger partial charge in [0, 0.05) is 0 Å². The first-order valence-corrected chi connectivity index (χ1v) is 8.79. The van der Waals surface area contributed by atoms with Crippen LogP contribution in [0.2, 0.25) is 0 Å². The Kier molecular flexibility index (Phi) is 5.45. The molecule has 0 aliphatic carbocycles. The first-order chi connectivity index (χ1) is 14.2. The predicted octanol–water partition coefficient (Wildman–Crippen LogP) is 2.84. The van der Waals surface area contributed by atoms with E-state index >= 15 is 0 Å². The predicted molar refractivity (Wildman–Crippen MR) is 106 cm³/mol. The Morgan fingerprint density at radius 1 is 0.800 bits per heavy atom. The van der Waals surface area contributed by atoms with Crippen LogP contribution in [0.25, 0.3) is 0 Å². The second kappa shape index (κ2) is 8.00. The van der Waals surface area contributed by atoms with Crippen LogP contribution in [0.3, 0.4) is 0 Å². The van der Waals surface area contributed by atoms with Crippen LogP contribution in [-0.2, 0) is 0 Å². The molecule has 0 aliphatic heterocycles. The van der Waals surface area contributed by atoms with Gasteiger partial charge in [0.2, 0.25) is 0 Å². The summed E-state index contributed by atoms with van der Waals surface area (Å²) in [5.41, 5.74) is 0.402. The average molecular weight is 407 g/mol. The number of aryl methyl sites for hydroxylation is 1. The van der Waals surface area contributed by atoms with E-state index in [-0.39, 0.29) is 33.6 Å². The maximum absolute atomic E-state index is 12.9. The molecule has 3 N–H and O–H groups in total. The first-order valence-electron chi connectivity index (χ1n) is 8.79. The Morgan fingerprint density at radius 2 is 1.27 bits per heavy atom. The second-order valence-electron chi connectivity index (χ2n) is 6.42. The number of carboxylic acid groups (broad SMARTS) is 2. The van der Waals surface area contributed by atoms with Gasteiger partial charge in [0.05, 0.1) is 39.3 Å². The van der Waals surface area contributed by atoms with Crippen molar-refractivity contribution in [1.82, 2.24) is 9.78 Å². The Bertz CT molecular complexity index is 1200. The molecule has 0 radical (unpaired) electrons. The molecule has 1 amide bonds. The van der Waals surface area contributed by atoms with Gasteiger partial charge in [-0.15, -0.1) is 0 Å². The number of aromatic carboxylic acids is 2. The zero-order valence-electron chi connectivity index (χ0n) is 16.0. The van der Waals surface area contributed by atoms with Gasteiger partial charge < -0.3 is 15.5 Å². The molecule has 0 atom stereocenters. The molecule has 3 aromatic rings. The fourth-order valence-corrected chi connectivity index (χ4v) is 3.04. The Labute approximate surface area is 170 Å². The number of nitrogens with zero attached hydrogens (tertiary/aromatic N) is 2. The van der Waals surface area contributed by atoms with Gasteiger partial charge in [-0.05, 0) is 38.1 Å². The van der Waals surface area contributed by atoms with Crippen molar-refractivity contribution in [2.24, 2.45) is 0 Å². The maximum Gasteiger partial charge on any atom is 0.336 e. The summed E-state index contributed by atoms with van der Waals surface area (Å²) in [4.78, 5) is 48.3. The molecule has 0 unspecified atom stereocenters. The molecule has 1 heterocycles. The van der Waals surface area contributed by atoms with Crippen LogP contribution < -0.4 is 5.32 Å². The lowest BCUT2D eigenvalue weighted by molar-refractivity contribution is 0.0683. The maximum atomic E-state index is 12.9. The summed E-state index contributed by atoms with van der Waals surface area (Å²) < 4.78 is 1.01. The average Bonchev–Trinajstić information content (AvgIpc) is 3.01. The molecule has 2 aromatic carbocycles. The number of nitrogens with one attached hydrogen (secondary N) is 1. The van der Waals surface area contributed by atoms with Gasteiger partial charge in [-0.25, -0.2) is 9.59 Å². The van der Waals surface area contributed by atoms with E-state index in [2.05, 4.69) is 10.4 Å². The fraction of sp³-hybridized carbons (Fsp3) is 0.0952. The molecule has 0 fully saturated rings. The van der Waals surface area contributed by atoms with Crippen LogP contribution in [-0.4, -0.2) is 43.7 Å². The summed E-state index contributed by atoms with van der Waals surface area (Å²) >= 11 is 0. The number of benzene rings is 2. The Balaban J connectivity index is 1.98. The minimum Gasteiger partial charge on any atom is -0.478 e. The lowest BCUT2D eigenvalue weighted by Gasteiger charge is -2.09. The van der Waals surface area contributed by atoms with E-state index in [0.717, 1.165) is 4.68 Å². The van der Waals surface area contributed by atoms with Crippen LogP contribution in [0.1, 0.15) is 52.8 Å². The number of hydrogen-bond acceptors (Lipinski definition) is 5. The standard InChI is InChI=1S/C21H17N3O6/c1-11-17(22-18(25)13-7-3-5-9-15(13)20(27)28)12(2)24(23-11)19(26)14-8-4-6-10-16(14)21(29)30/h3-10H,1-2H3,(H,22,25)(H,27,28)(H,29,30). The summed E-state index contributed by atoms with van der Waals surface area (Å²) in [6.45, 7) is 3.11. The van der Waals surface area contributed by atoms with Gasteiger partial charge in [-0.3, -0.25) is 9.59 Å². The molecule has 3 rings (SSSR count). The first kappa shape index (κ1) is 20.5. The second-order valence-corrected chi connectivity index (χ2v) is 6.42. The molecule has 0 saturated heterocycles. The van der Waals surface area contributed by atoms with Crippen LogP contribution in [0.4, 0.5) is 5.69 Å². The fourth-order valence-electron chi connectivity index (χ4n) is 3.04. The van der Waals surface area contributed by atoms with E-state index < -0.39 is 23.8 Å². The number of anilines is 1. The van der Waals surface area contributed by atoms with Crippen molar-refractivity contribution in [3.05, 3.63) is 82.2 Å². The molecule has 0 aliphatic rings. The van der Waals surface area contributed by atoms with Crippen molar-refractivity contribution in [3.63, 3.8) is 0 Å². The summed E-state index contributed by atoms with van der Waals surface area (Å²) in [6.07, 6.45) is 0. The topological polar surface area (TPSA) is 139 Å². The lowest BCUT2D eigenvalue weighted by atomic mass is 10.1. The molecule has 0 spiro atoms. The largest absolute Gasteiger partial charge is 0.478 e. The molecular formula is C21H17N3O6. The quantitative estimate of drug-likeness (QED) is 0.591. The van der Waals surface area contributed by atoms with Gasteiger partial charge in [-0.2, -0.15) is 9.78 Å². The number of rotatable bonds is 5. The van der Waals surface area contributed by atoms with Gasteiger partial charge >= 0.3 is 11.9 Å². The van der Waals surface area contributed by atoms with E-state index in [1.54, 1.807) is 13.8 Å². The molecule has 9 heteroatoms. The van der Waals surface area contributed by atoms with Crippen molar-refractivity contribution in [3.8, 4) is 0 Å². The minimum atomic E-state index is -1.25. The van der Waals surface area contributed by atoms with Gasteiger partial charge in [0.25, 0.3) is 11.8 Å². The van der Waals surface area contributed by atoms with E-state index in [9.17, 15) is 29.4 Å². The van der Waals surface area contributed by atoms with Crippen molar-refractivity contribution >= 4 is 29.4 Å². The van der Waals surface area contributed by atoms with Crippen molar-refractivity contribution in [1.29, 1.82) is 0 Å². The van der Waals surface area contributed by atoms with Gasteiger partial charge in [0.15, 0.2) is 0 Å². The molecule has 9 nitrogen and oxygen atoms in total. The van der Waals surface area contributed by atoms with E-state index in [4.69, 9.17) is 0 Å². The highest BCUT2D eigenvalue weighted by Crippen LogP contribution is 2.23. The van der Waals surface area contributed by atoms with Gasteiger partial charge in [-0.1, -0.05) is 24.3 Å². The third-order valence-corrected chi connectivity index (χ3v) is 4.51. The number of carbonyl (C=O) groups excluding carboxylic acids is 2. The zero-order chi connectivity index (χ0) is 22.0. The molecule has 30 heavy (non-hydrogen) atoms. The molecule has 0 bridgehead atoms. The van der Waals surface area contributed by atoms with Crippen molar-refractivity contribution < 1.29 is 29.4 Å². The van der Waals surface area contributed by atoms with E-state index in [0.29, 0.717) is 5.69 Å². The zero-order valence-corrected chi connectivity index (χ0v) is 16.0. The highest BCUT2D eigenvalue weighted by Gasteiger charge is 2.24. The summed E-state index contributed by atoms with van der Waals surface area (Å²) in [5, 5.41) is 25.3. The molecular weight excluding hydrogens is 390 g/mol. The highest BCUT2D eigenvalue weighted by molar-refractivity contribution is 6.11. The normalized spacial score (nSPS) is 10.5. The van der Waals surface area contributed by atoms with E-state index in [1.165, 1.54) is 48.5 Å². The number of aromatic nitrogens is 2. The number of carbonyl (C=O) groups is 4. The smallest absolute Gasteiger partial charge is 0.336 e.